The molecule has 6 heteroatoms. The van der Waals surface area contributed by atoms with Crippen molar-refractivity contribution in [2.45, 2.75) is 12.5 Å². The van der Waals surface area contributed by atoms with Crippen LogP contribution >= 0.6 is 0 Å². The molecule has 1 aromatic rings. The predicted molar refractivity (Wildman–Crippen MR) is 75.6 cm³/mol. The number of carbonyl (C=O) groups is 1. The Morgan fingerprint density at radius 1 is 1.20 bits per heavy atom. The van der Waals surface area contributed by atoms with Crippen molar-refractivity contribution in [1.82, 2.24) is 5.32 Å². The van der Waals surface area contributed by atoms with Gasteiger partial charge in [-0.3, -0.25) is 0 Å². The van der Waals surface area contributed by atoms with Gasteiger partial charge in [-0.1, -0.05) is 30.3 Å². The van der Waals surface area contributed by atoms with Gasteiger partial charge in [0.2, 0.25) is 0 Å². The molecule has 1 atom stereocenters. The number of ether oxygens (including phenoxy) is 1. The van der Waals surface area contributed by atoms with Gasteiger partial charge in [-0.25, -0.2) is 4.79 Å². The first-order valence-electron chi connectivity index (χ1n) is 6.37. The Hall–Kier alpha value is -1.47. The van der Waals surface area contributed by atoms with E-state index in [0.717, 1.165) is 5.56 Å². The summed E-state index contributed by atoms with van der Waals surface area (Å²) < 4.78 is 4.82. The molecule has 114 valence electrons. The highest BCUT2D eigenvalue weighted by Gasteiger charge is 2.16. The van der Waals surface area contributed by atoms with Crippen molar-refractivity contribution in [1.29, 1.82) is 0 Å². The summed E-state index contributed by atoms with van der Waals surface area (Å²) in [5.41, 5.74) is 0.969. The van der Waals surface area contributed by atoms with Gasteiger partial charge in [-0.05, 0) is 5.56 Å². The van der Waals surface area contributed by atoms with Gasteiger partial charge in [0, 0.05) is 26.6 Å². The number of nitrogens with one attached hydrogen (secondary N) is 1. The minimum atomic E-state index is -0.925. The van der Waals surface area contributed by atoms with Gasteiger partial charge >= 0.3 is 5.97 Å². The summed E-state index contributed by atoms with van der Waals surface area (Å²) in [6.07, 6.45) is -0.338. The Kier molecular flexibility index (Phi) is 11.6. The average Bonchev–Trinajstić information content (AvgIpc) is 2.47. The molecular weight excluding hydrogens is 262 g/mol. The van der Waals surface area contributed by atoms with Gasteiger partial charge in [0.15, 0.2) is 6.10 Å². The van der Waals surface area contributed by atoms with E-state index in [0.29, 0.717) is 19.5 Å². The normalized spacial score (nSPS) is 11.3. The van der Waals surface area contributed by atoms with Crippen LogP contribution in [-0.2, 0) is 16.0 Å². The third-order valence-electron chi connectivity index (χ3n) is 2.40. The van der Waals surface area contributed by atoms with Crippen molar-refractivity contribution >= 4 is 5.97 Å². The van der Waals surface area contributed by atoms with E-state index < -0.39 is 12.1 Å². The third kappa shape index (κ3) is 9.46. The number of aliphatic hydroxyl groups excluding tert-OH is 2. The molecule has 0 radical (unpaired) electrons. The van der Waals surface area contributed by atoms with Gasteiger partial charge in [0.05, 0.1) is 13.2 Å². The summed E-state index contributed by atoms with van der Waals surface area (Å²) in [6, 6.07) is 9.42. The highest BCUT2D eigenvalue weighted by Crippen LogP contribution is 2.05. The lowest BCUT2D eigenvalue weighted by atomic mass is 10.1. The molecule has 1 rings (SSSR count). The molecule has 0 aromatic heterocycles. The molecule has 4 N–H and O–H groups in total. The van der Waals surface area contributed by atoms with E-state index in [4.69, 9.17) is 20.1 Å². The molecule has 0 amide bonds. The first-order chi connectivity index (χ1) is 9.65. The van der Waals surface area contributed by atoms with E-state index in [9.17, 15) is 4.79 Å². The molecule has 0 aliphatic heterocycles. The summed E-state index contributed by atoms with van der Waals surface area (Å²) in [6.45, 7) is 1.42. The van der Waals surface area contributed by atoms with Crippen LogP contribution in [0.4, 0.5) is 0 Å². The van der Waals surface area contributed by atoms with Crippen LogP contribution in [0.1, 0.15) is 5.56 Å². The van der Waals surface area contributed by atoms with E-state index in [2.05, 4.69) is 5.32 Å². The second kappa shape index (κ2) is 12.6. The lowest BCUT2D eigenvalue weighted by molar-refractivity contribution is -0.148. The average molecular weight is 285 g/mol. The molecule has 0 spiro atoms. The van der Waals surface area contributed by atoms with Crippen molar-refractivity contribution < 1.29 is 24.9 Å². The Morgan fingerprint density at radius 2 is 1.75 bits per heavy atom. The first-order valence-corrected chi connectivity index (χ1v) is 6.37. The number of hydrogen-bond donors (Lipinski definition) is 4. The van der Waals surface area contributed by atoms with Crippen LogP contribution in [0.5, 0.6) is 0 Å². The quantitative estimate of drug-likeness (QED) is 0.497. The number of rotatable bonds is 8. The van der Waals surface area contributed by atoms with Crippen molar-refractivity contribution in [3.8, 4) is 0 Å². The fourth-order valence-corrected chi connectivity index (χ4v) is 1.38. The topological polar surface area (TPSA) is 99.0 Å². The third-order valence-corrected chi connectivity index (χ3v) is 2.40. The molecular formula is C14H23NO5. The SMILES string of the molecule is COC(Cc1ccccc1)C(=O)O.OCCNCCO. The van der Waals surface area contributed by atoms with Gasteiger partial charge in [0.1, 0.15) is 0 Å². The summed E-state index contributed by atoms with van der Waals surface area (Å²) in [7, 11) is 1.40. The van der Waals surface area contributed by atoms with E-state index in [1.807, 2.05) is 30.3 Å². The van der Waals surface area contributed by atoms with Crippen LogP contribution in [0.15, 0.2) is 30.3 Å². The smallest absolute Gasteiger partial charge is 0.333 e. The van der Waals surface area contributed by atoms with E-state index in [1.54, 1.807) is 0 Å². The summed E-state index contributed by atoms with van der Waals surface area (Å²) in [4.78, 5) is 10.6. The second-order valence-corrected chi connectivity index (χ2v) is 3.95. The van der Waals surface area contributed by atoms with Crippen LogP contribution in [-0.4, -0.2) is 60.8 Å². The molecule has 0 saturated heterocycles. The van der Waals surface area contributed by atoms with Crippen LogP contribution in [0.2, 0.25) is 0 Å². The van der Waals surface area contributed by atoms with Crippen molar-refractivity contribution in [3.05, 3.63) is 35.9 Å². The van der Waals surface area contributed by atoms with Crippen molar-refractivity contribution in [2.75, 3.05) is 33.4 Å². The largest absolute Gasteiger partial charge is 0.479 e. The number of aliphatic hydroxyl groups is 2. The maximum absolute atomic E-state index is 10.6. The van der Waals surface area contributed by atoms with Gasteiger partial charge < -0.3 is 25.4 Å². The standard InChI is InChI=1S/C10H12O3.C4H11NO2/c1-13-9(10(11)12)7-8-5-3-2-4-6-8;6-3-1-5-2-4-7/h2-6,9H,7H2,1H3,(H,11,12);5-7H,1-4H2. The molecule has 1 aromatic carbocycles. The summed E-state index contributed by atoms with van der Waals surface area (Å²) in [5.74, 6) is -0.925. The van der Waals surface area contributed by atoms with Gasteiger partial charge in [-0.15, -0.1) is 0 Å². The van der Waals surface area contributed by atoms with E-state index in [1.165, 1.54) is 7.11 Å². The zero-order chi connectivity index (χ0) is 15.2. The lowest BCUT2D eigenvalue weighted by Gasteiger charge is -2.09. The van der Waals surface area contributed by atoms with Crippen LogP contribution < -0.4 is 5.32 Å². The zero-order valence-electron chi connectivity index (χ0n) is 11.7. The maximum atomic E-state index is 10.6. The molecule has 0 saturated carbocycles. The molecule has 20 heavy (non-hydrogen) atoms. The molecule has 0 bridgehead atoms. The predicted octanol–water partition coefficient (Wildman–Crippen LogP) is -0.111. The maximum Gasteiger partial charge on any atom is 0.333 e. The molecule has 1 unspecified atom stereocenters. The van der Waals surface area contributed by atoms with Crippen LogP contribution in [0.25, 0.3) is 0 Å². The molecule has 0 aliphatic rings. The number of carboxylic acids is 1. The van der Waals surface area contributed by atoms with Gasteiger partial charge in [-0.2, -0.15) is 0 Å². The van der Waals surface area contributed by atoms with Crippen molar-refractivity contribution in [2.24, 2.45) is 0 Å². The Morgan fingerprint density at radius 3 is 2.15 bits per heavy atom. The number of benzene rings is 1. The zero-order valence-corrected chi connectivity index (χ0v) is 11.7. The molecule has 6 nitrogen and oxygen atoms in total. The Bertz CT molecular complexity index is 341. The number of carboxylic acid groups (broad SMARTS) is 1. The monoisotopic (exact) mass is 285 g/mol. The summed E-state index contributed by atoms with van der Waals surface area (Å²) >= 11 is 0. The lowest BCUT2D eigenvalue weighted by Crippen LogP contribution is -2.24. The van der Waals surface area contributed by atoms with E-state index in [-0.39, 0.29) is 13.2 Å². The van der Waals surface area contributed by atoms with Crippen molar-refractivity contribution in [3.63, 3.8) is 0 Å². The summed E-state index contributed by atoms with van der Waals surface area (Å²) in [5, 5.41) is 27.8. The second-order valence-electron chi connectivity index (χ2n) is 3.95. The minimum absolute atomic E-state index is 0.139. The molecule has 0 fully saturated rings. The molecule has 0 aliphatic carbocycles. The Labute approximate surface area is 119 Å². The van der Waals surface area contributed by atoms with Crippen LogP contribution in [0, 0.1) is 0 Å². The Balaban J connectivity index is 0.000000441. The number of aliphatic carboxylic acids is 1. The van der Waals surface area contributed by atoms with E-state index >= 15 is 0 Å². The number of hydrogen-bond acceptors (Lipinski definition) is 5. The first kappa shape index (κ1) is 18.5. The van der Waals surface area contributed by atoms with Crippen LogP contribution in [0.3, 0.4) is 0 Å². The fraction of sp³-hybridized carbons (Fsp3) is 0.500. The number of methoxy groups -OCH3 is 1. The van der Waals surface area contributed by atoms with Gasteiger partial charge in [0.25, 0.3) is 0 Å². The minimum Gasteiger partial charge on any atom is -0.479 e. The molecule has 0 heterocycles. The fourth-order valence-electron chi connectivity index (χ4n) is 1.38. The highest BCUT2D eigenvalue weighted by molar-refractivity contribution is 5.72. The highest BCUT2D eigenvalue weighted by atomic mass is 16.5.